The first kappa shape index (κ1) is 12.8. The van der Waals surface area contributed by atoms with Crippen LogP contribution >= 0.6 is 12.4 Å². The van der Waals surface area contributed by atoms with Crippen LogP contribution in [-0.2, 0) is 4.79 Å². The van der Waals surface area contributed by atoms with Crippen molar-refractivity contribution >= 4 is 18.4 Å². The second kappa shape index (κ2) is 5.20. The van der Waals surface area contributed by atoms with Gasteiger partial charge in [0.15, 0.2) is 0 Å². The maximum Gasteiger partial charge on any atom is 0.306 e. The third-order valence-corrected chi connectivity index (χ3v) is 4.31. The van der Waals surface area contributed by atoms with E-state index in [9.17, 15) is 4.79 Å². The Labute approximate surface area is 97.9 Å². The van der Waals surface area contributed by atoms with Gasteiger partial charge in [0.05, 0.1) is 5.92 Å². The number of carboxylic acids is 1. The van der Waals surface area contributed by atoms with Crippen LogP contribution in [-0.4, -0.2) is 11.1 Å². The van der Waals surface area contributed by atoms with Gasteiger partial charge in [-0.25, -0.2) is 0 Å². The summed E-state index contributed by atoms with van der Waals surface area (Å²) in [6.45, 7) is 0. The Hall–Kier alpha value is -0.240. The molecule has 0 aliphatic heterocycles. The van der Waals surface area contributed by atoms with Gasteiger partial charge in [-0.3, -0.25) is 4.79 Å². The molecule has 0 aromatic rings. The summed E-state index contributed by atoms with van der Waals surface area (Å²) in [4.78, 5) is 10.8. The number of hydrogen-bond donors (Lipinski definition) is 1. The first-order chi connectivity index (χ1) is 6.72. The number of carboxylic acid groups (broad SMARTS) is 1. The molecule has 2 saturated carbocycles. The van der Waals surface area contributed by atoms with Gasteiger partial charge in [0.1, 0.15) is 0 Å². The van der Waals surface area contributed by atoms with Crippen molar-refractivity contribution in [3.05, 3.63) is 0 Å². The van der Waals surface area contributed by atoms with Crippen molar-refractivity contribution in [2.45, 2.75) is 57.8 Å². The average molecular weight is 233 g/mol. The van der Waals surface area contributed by atoms with Gasteiger partial charge in [0.25, 0.3) is 0 Å². The second-order valence-electron chi connectivity index (χ2n) is 5.17. The number of hydrogen-bond acceptors (Lipinski definition) is 1. The fourth-order valence-corrected chi connectivity index (χ4v) is 3.28. The lowest BCUT2D eigenvalue weighted by molar-refractivity contribution is -0.143. The molecule has 0 atom stereocenters. The molecule has 2 aliphatic carbocycles. The maximum absolute atomic E-state index is 10.8. The molecule has 0 radical (unpaired) electrons. The highest BCUT2D eigenvalue weighted by molar-refractivity contribution is 5.85. The van der Waals surface area contributed by atoms with Crippen LogP contribution in [0.1, 0.15) is 57.8 Å². The van der Waals surface area contributed by atoms with Crippen LogP contribution in [0.5, 0.6) is 0 Å². The highest BCUT2D eigenvalue weighted by Crippen LogP contribution is 2.48. The molecule has 0 unspecified atom stereocenters. The third-order valence-electron chi connectivity index (χ3n) is 4.31. The van der Waals surface area contributed by atoms with E-state index in [1.165, 1.54) is 44.9 Å². The Bertz CT molecular complexity index is 212. The van der Waals surface area contributed by atoms with E-state index in [2.05, 4.69) is 0 Å². The molecule has 0 aromatic heterocycles. The minimum absolute atomic E-state index is 0. The van der Waals surface area contributed by atoms with Crippen LogP contribution in [0.2, 0.25) is 0 Å². The number of carbonyl (C=O) groups is 1. The van der Waals surface area contributed by atoms with Crippen LogP contribution < -0.4 is 0 Å². The largest absolute Gasteiger partial charge is 0.481 e. The molecular formula is C12H21ClO2. The minimum Gasteiger partial charge on any atom is -0.481 e. The zero-order chi connectivity index (χ0) is 10.0. The fraction of sp³-hybridized carbons (Fsp3) is 0.917. The number of aliphatic carboxylic acids is 1. The monoisotopic (exact) mass is 232 g/mol. The molecule has 2 fully saturated rings. The van der Waals surface area contributed by atoms with Gasteiger partial charge in [0.2, 0.25) is 0 Å². The van der Waals surface area contributed by atoms with E-state index in [-0.39, 0.29) is 18.3 Å². The van der Waals surface area contributed by atoms with Gasteiger partial charge in [-0.05, 0) is 43.9 Å². The van der Waals surface area contributed by atoms with Gasteiger partial charge in [0, 0.05) is 0 Å². The van der Waals surface area contributed by atoms with Crippen LogP contribution in [0.25, 0.3) is 0 Å². The molecule has 0 heterocycles. The molecule has 88 valence electrons. The highest BCUT2D eigenvalue weighted by Gasteiger charge is 2.37. The zero-order valence-electron chi connectivity index (χ0n) is 9.21. The summed E-state index contributed by atoms with van der Waals surface area (Å²) in [7, 11) is 0. The summed E-state index contributed by atoms with van der Waals surface area (Å²) in [5.74, 6) is -0.613. The summed E-state index contributed by atoms with van der Waals surface area (Å²) in [5, 5.41) is 8.93. The number of rotatable bonds is 1. The van der Waals surface area contributed by atoms with Gasteiger partial charge in [-0.15, -0.1) is 12.4 Å². The van der Waals surface area contributed by atoms with E-state index in [0.29, 0.717) is 5.41 Å². The molecule has 3 heteroatoms. The molecule has 15 heavy (non-hydrogen) atoms. The molecule has 0 aromatic carbocycles. The topological polar surface area (TPSA) is 37.3 Å². The molecule has 2 aliphatic rings. The van der Waals surface area contributed by atoms with Gasteiger partial charge < -0.3 is 5.11 Å². The summed E-state index contributed by atoms with van der Waals surface area (Å²) in [6, 6.07) is 0. The first-order valence-electron chi connectivity index (χ1n) is 5.95. The van der Waals surface area contributed by atoms with E-state index >= 15 is 0 Å². The molecule has 1 spiro atoms. The van der Waals surface area contributed by atoms with Crippen molar-refractivity contribution in [2.75, 3.05) is 0 Å². The van der Waals surface area contributed by atoms with Crippen LogP contribution in [0.4, 0.5) is 0 Å². The molecule has 0 amide bonds. The lowest BCUT2D eigenvalue weighted by atomic mass is 9.63. The predicted molar refractivity (Wildman–Crippen MR) is 62.4 cm³/mol. The van der Waals surface area contributed by atoms with E-state index in [0.717, 1.165) is 12.8 Å². The Morgan fingerprint density at radius 2 is 1.53 bits per heavy atom. The van der Waals surface area contributed by atoms with Crippen molar-refractivity contribution in [1.29, 1.82) is 0 Å². The highest BCUT2D eigenvalue weighted by atomic mass is 35.5. The smallest absolute Gasteiger partial charge is 0.306 e. The van der Waals surface area contributed by atoms with Crippen molar-refractivity contribution in [1.82, 2.24) is 0 Å². The quantitative estimate of drug-likeness (QED) is 0.750. The molecule has 1 N–H and O–H groups in total. The Morgan fingerprint density at radius 1 is 1.00 bits per heavy atom. The third kappa shape index (κ3) is 2.87. The first-order valence-corrected chi connectivity index (χ1v) is 5.95. The molecule has 0 bridgehead atoms. The van der Waals surface area contributed by atoms with Crippen molar-refractivity contribution in [2.24, 2.45) is 11.3 Å². The van der Waals surface area contributed by atoms with Crippen molar-refractivity contribution in [3.63, 3.8) is 0 Å². The second-order valence-corrected chi connectivity index (χ2v) is 5.17. The van der Waals surface area contributed by atoms with Crippen molar-refractivity contribution < 1.29 is 9.90 Å². The standard InChI is InChI=1S/C12H20O2.ClH/c13-11(14)10-4-8-12(9-5-10)6-2-1-3-7-12;/h10H,1-9H2,(H,13,14);1H. The normalized spacial score (nSPS) is 25.9. The van der Waals surface area contributed by atoms with Crippen molar-refractivity contribution in [3.8, 4) is 0 Å². The SMILES string of the molecule is Cl.O=C(O)C1CCC2(CCCCC2)CC1. The number of halogens is 1. The Kier molecular flexibility index (Phi) is 4.45. The Balaban J connectivity index is 0.00000112. The van der Waals surface area contributed by atoms with Gasteiger partial charge >= 0.3 is 5.97 Å². The lowest BCUT2D eigenvalue weighted by Crippen LogP contribution is -2.32. The van der Waals surface area contributed by atoms with Crippen LogP contribution in [0.3, 0.4) is 0 Å². The molecule has 0 saturated heterocycles. The van der Waals surface area contributed by atoms with E-state index in [1.807, 2.05) is 0 Å². The zero-order valence-corrected chi connectivity index (χ0v) is 10.0. The average Bonchev–Trinajstić information content (AvgIpc) is 2.19. The minimum atomic E-state index is -0.573. The summed E-state index contributed by atoms with van der Waals surface area (Å²) < 4.78 is 0. The molecule has 2 nitrogen and oxygen atoms in total. The summed E-state index contributed by atoms with van der Waals surface area (Å²) in [5.41, 5.74) is 0.560. The Morgan fingerprint density at radius 3 is 2.00 bits per heavy atom. The predicted octanol–water partition coefficient (Wildman–Crippen LogP) is 3.63. The summed E-state index contributed by atoms with van der Waals surface area (Å²) >= 11 is 0. The van der Waals surface area contributed by atoms with E-state index in [1.54, 1.807) is 0 Å². The van der Waals surface area contributed by atoms with Crippen LogP contribution in [0, 0.1) is 11.3 Å². The van der Waals surface area contributed by atoms with E-state index in [4.69, 9.17) is 5.11 Å². The van der Waals surface area contributed by atoms with Gasteiger partial charge in [-0.1, -0.05) is 19.3 Å². The molecular weight excluding hydrogens is 212 g/mol. The maximum atomic E-state index is 10.8. The fourth-order valence-electron chi connectivity index (χ4n) is 3.28. The lowest BCUT2D eigenvalue weighted by Gasteiger charge is -2.42. The van der Waals surface area contributed by atoms with E-state index < -0.39 is 5.97 Å². The molecule has 2 rings (SSSR count). The van der Waals surface area contributed by atoms with Gasteiger partial charge in [-0.2, -0.15) is 0 Å². The van der Waals surface area contributed by atoms with Crippen LogP contribution in [0.15, 0.2) is 0 Å². The summed E-state index contributed by atoms with van der Waals surface area (Å²) in [6.07, 6.45) is 11.1.